The van der Waals surface area contributed by atoms with Gasteiger partial charge in [0.25, 0.3) is 11.8 Å². The molecule has 0 spiro atoms. The minimum absolute atomic E-state index is 0.0803. The van der Waals surface area contributed by atoms with Gasteiger partial charge in [-0.2, -0.15) is 0 Å². The van der Waals surface area contributed by atoms with E-state index in [1.165, 1.54) is 0 Å². The van der Waals surface area contributed by atoms with Gasteiger partial charge in [-0.15, -0.1) is 0 Å². The maximum atomic E-state index is 12.9. The van der Waals surface area contributed by atoms with Crippen LogP contribution in [0.4, 0.5) is 0 Å². The summed E-state index contributed by atoms with van der Waals surface area (Å²) in [5, 5.41) is 10.3. The van der Waals surface area contributed by atoms with Crippen LogP contribution in [0.2, 0.25) is 0 Å². The zero-order valence-corrected chi connectivity index (χ0v) is 17.9. The fourth-order valence-corrected chi connectivity index (χ4v) is 4.69. The van der Waals surface area contributed by atoms with Crippen molar-refractivity contribution in [1.29, 1.82) is 0 Å². The molecular weight excluding hydrogens is 404 g/mol. The Labute approximate surface area is 187 Å². The van der Waals surface area contributed by atoms with E-state index in [0.717, 1.165) is 23.1 Å². The summed E-state index contributed by atoms with van der Waals surface area (Å²) >= 11 is 0. The number of carbonyl (C=O) groups excluding carboxylic acids is 3. The number of rotatable bonds is 3. The molecule has 3 aliphatic rings. The van der Waals surface area contributed by atoms with Gasteiger partial charge >= 0.3 is 0 Å². The average Bonchev–Trinajstić information content (AvgIpc) is 2.81. The van der Waals surface area contributed by atoms with Gasteiger partial charge in [-0.1, -0.05) is 36.4 Å². The summed E-state index contributed by atoms with van der Waals surface area (Å²) in [5.41, 5.74) is 2.95. The topological polar surface area (TPSA) is 77.9 Å². The normalized spacial score (nSPS) is 19.7. The largest absolute Gasteiger partial charge is 0.380 e. The fraction of sp³-hybridized carbons (Fsp3) is 0.346. The second kappa shape index (κ2) is 8.02. The van der Waals surface area contributed by atoms with Gasteiger partial charge in [0.15, 0.2) is 5.78 Å². The predicted molar refractivity (Wildman–Crippen MR) is 121 cm³/mol. The SMILES string of the molecule is O=C1Cc2ccccc2C=C1c1ccc(C(=O)N2CCN(C(=O)C3(O)CCC3)CC2)cc1. The van der Waals surface area contributed by atoms with Crippen LogP contribution in [0.1, 0.15) is 46.3 Å². The van der Waals surface area contributed by atoms with Crippen molar-refractivity contribution in [3.05, 3.63) is 70.8 Å². The molecule has 32 heavy (non-hydrogen) atoms. The quantitative estimate of drug-likeness (QED) is 0.812. The molecule has 0 bridgehead atoms. The average molecular weight is 431 g/mol. The second-order valence-electron chi connectivity index (χ2n) is 8.90. The number of carbonyl (C=O) groups is 3. The second-order valence-corrected chi connectivity index (χ2v) is 8.90. The lowest BCUT2D eigenvalue weighted by Crippen LogP contribution is -2.58. The maximum absolute atomic E-state index is 12.9. The molecule has 2 amide bonds. The summed E-state index contributed by atoms with van der Waals surface area (Å²) in [6.45, 7) is 1.77. The van der Waals surface area contributed by atoms with Crippen molar-refractivity contribution in [3.8, 4) is 0 Å². The first kappa shape index (κ1) is 20.6. The highest BCUT2D eigenvalue weighted by atomic mass is 16.3. The summed E-state index contributed by atoms with van der Waals surface area (Å²) in [7, 11) is 0. The molecule has 1 heterocycles. The molecule has 0 radical (unpaired) electrons. The van der Waals surface area contributed by atoms with Crippen molar-refractivity contribution >= 4 is 29.2 Å². The van der Waals surface area contributed by atoms with Gasteiger partial charge in [0.2, 0.25) is 0 Å². The lowest BCUT2D eigenvalue weighted by atomic mass is 9.79. The molecule has 2 aromatic rings. The summed E-state index contributed by atoms with van der Waals surface area (Å²) in [6.07, 6.45) is 4.25. The number of Topliss-reactive ketones (excluding diaryl/α,β-unsaturated/α-hetero) is 1. The number of hydrogen-bond donors (Lipinski definition) is 1. The Balaban J connectivity index is 1.25. The first-order valence-corrected chi connectivity index (χ1v) is 11.2. The van der Waals surface area contributed by atoms with E-state index in [2.05, 4.69) is 0 Å². The molecule has 0 unspecified atom stereocenters. The van der Waals surface area contributed by atoms with E-state index < -0.39 is 5.60 Å². The highest BCUT2D eigenvalue weighted by Gasteiger charge is 2.45. The molecule has 6 heteroatoms. The lowest BCUT2D eigenvalue weighted by molar-refractivity contribution is -0.161. The molecule has 0 atom stereocenters. The third-order valence-electron chi connectivity index (χ3n) is 6.88. The zero-order valence-electron chi connectivity index (χ0n) is 17.9. The molecule has 2 aromatic carbocycles. The van der Waals surface area contributed by atoms with E-state index in [4.69, 9.17) is 0 Å². The molecule has 2 aliphatic carbocycles. The van der Waals surface area contributed by atoms with E-state index in [0.29, 0.717) is 56.6 Å². The van der Waals surface area contributed by atoms with Crippen molar-refractivity contribution in [2.45, 2.75) is 31.3 Å². The molecule has 0 aromatic heterocycles. The molecule has 5 rings (SSSR count). The number of nitrogens with zero attached hydrogens (tertiary/aromatic N) is 2. The van der Waals surface area contributed by atoms with E-state index in [9.17, 15) is 19.5 Å². The smallest absolute Gasteiger partial charge is 0.254 e. The Morgan fingerprint density at radius 1 is 0.875 bits per heavy atom. The molecule has 164 valence electrons. The van der Waals surface area contributed by atoms with Gasteiger partial charge in [0, 0.05) is 43.7 Å². The number of benzene rings is 2. The number of piperazine rings is 1. The summed E-state index contributed by atoms with van der Waals surface area (Å²) in [5.74, 6) is -0.204. The van der Waals surface area contributed by atoms with Crippen molar-refractivity contribution in [3.63, 3.8) is 0 Å². The van der Waals surface area contributed by atoms with Crippen LogP contribution in [0, 0.1) is 0 Å². The third-order valence-corrected chi connectivity index (χ3v) is 6.88. The van der Waals surface area contributed by atoms with Crippen molar-refractivity contribution < 1.29 is 19.5 Å². The predicted octanol–water partition coefficient (Wildman–Crippen LogP) is 2.55. The van der Waals surface area contributed by atoms with Crippen LogP contribution in [0.3, 0.4) is 0 Å². The van der Waals surface area contributed by atoms with E-state index >= 15 is 0 Å². The van der Waals surface area contributed by atoms with Gasteiger partial charge in [-0.05, 0) is 54.2 Å². The zero-order chi connectivity index (χ0) is 22.3. The van der Waals surface area contributed by atoms with Gasteiger partial charge in [-0.25, -0.2) is 0 Å². The van der Waals surface area contributed by atoms with Gasteiger partial charge in [0.1, 0.15) is 5.60 Å². The van der Waals surface area contributed by atoms with Crippen LogP contribution in [-0.4, -0.2) is 64.3 Å². The molecule has 1 N–H and O–H groups in total. The van der Waals surface area contributed by atoms with Crippen molar-refractivity contribution in [2.75, 3.05) is 26.2 Å². The monoisotopic (exact) mass is 430 g/mol. The summed E-state index contributed by atoms with van der Waals surface area (Å²) in [4.78, 5) is 41.5. The molecule has 1 saturated heterocycles. The number of amides is 2. The van der Waals surface area contributed by atoms with Crippen LogP contribution in [0.15, 0.2) is 48.5 Å². The minimum Gasteiger partial charge on any atom is -0.380 e. The molecule has 1 saturated carbocycles. The fourth-order valence-electron chi connectivity index (χ4n) is 4.69. The van der Waals surface area contributed by atoms with Gasteiger partial charge < -0.3 is 14.9 Å². The van der Waals surface area contributed by atoms with Crippen LogP contribution >= 0.6 is 0 Å². The van der Waals surface area contributed by atoms with E-state index in [1.807, 2.05) is 42.5 Å². The van der Waals surface area contributed by atoms with Gasteiger partial charge in [0.05, 0.1) is 0 Å². The minimum atomic E-state index is -1.19. The maximum Gasteiger partial charge on any atom is 0.254 e. The highest BCUT2D eigenvalue weighted by molar-refractivity contribution is 6.27. The number of fused-ring (bicyclic) bond motifs is 1. The molecule has 6 nitrogen and oxygen atoms in total. The summed E-state index contributed by atoms with van der Waals surface area (Å²) < 4.78 is 0. The van der Waals surface area contributed by atoms with Crippen LogP contribution in [-0.2, 0) is 16.0 Å². The number of allylic oxidation sites excluding steroid dienone is 1. The highest BCUT2D eigenvalue weighted by Crippen LogP contribution is 2.33. The first-order chi connectivity index (χ1) is 15.4. The van der Waals surface area contributed by atoms with Crippen molar-refractivity contribution in [2.24, 2.45) is 0 Å². The Bertz CT molecular complexity index is 1110. The Hall–Kier alpha value is -3.25. The summed E-state index contributed by atoms with van der Waals surface area (Å²) in [6, 6.07) is 15.1. The Morgan fingerprint density at radius 2 is 1.53 bits per heavy atom. The van der Waals surface area contributed by atoms with Crippen LogP contribution in [0.25, 0.3) is 11.6 Å². The lowest BCUT2D eigenvalue weighted by Gasteiger charge is -2.42. The third kappa shape index (κ3) is 3.65. The van der Waals surface area contributed by atoms with E-state index in [-0.39, 0.29) is 17.6 Å². The number of hydrogen-bond acceptors (Lipinski definition) is 4. The number of aliphatic hydroxyl groups is 1. The van der Waals surface area contributed by atoms with Gasteiger partial charge in [-0.3, -0.25) is 14.4 Å². The molecular formula is C26H26N2O4. The van der Waals surface area contributed by atoms with Crippen LogP contribution in [0.5, 0.6) is 0 Å². The Morgan fingerprint density at radius 3 is 2.19 bits per heavy atom. The van der Waals surface area contributed by atoms with Crippen LogP contribution < -0.4 is 0 Å². The first-order valence-electron chi connectivity index (χ1n) is 11.2. The standard InChI is InChI=1S/C26H26N2O4/c29-23-17-21-5-2-1-4-20(21)16-22(23)18-6-8-19(9-7-18)24(30)27-12-14-28(15-13-27)25(31)26(32)10-3-11-26/h1-2,4-9,16,32H,3,10-15,17H2. The number of ketones is 1. The van der Waals surface area contributed by atoms with E-state index in [1.54, 1.807) is 21.9 Å². The molecule has 2 fully saturated rings. The molecule has 1 aliphatic heterocycles. The Kier molecular flexibility index (Phi) is 5.18. The van der Waals surface area contributed by atoms with Crippen molar-refractivity contribution in [1.82, 2.24) is 9.80 Å².